The normalized spacial score (nSPS) is 24.0. The van der Waals surface area contributed by atoms with Crippen molar-refractivity contribution in [3.05, 3.63) is 16.1 Å². The molecule has 0 atom stereocenters. The highest BCUT2D eigenvalue weighted by Crippen LogP contribution is 2.31. The summed E-state index contributed by atoms with van der Waals surface area (Å²) in [5.74, 6) is -0.533. The van der Waals surface area contributed by atoms with E-state index in [1.807, 2.05) is 27.0 Å². The molecular formula is C10H16N2O2S. The first-order chi connectivity index (χ1) is 6.91. The van der Waals surface area contributed by atoms with Crippen molar-refractivity contribution >= 4 is 11.3 Å². The molecule has 0 unspecified atom stereocenters. The standard InChI is InChI=1S/C10H16N2O2S/c1-7-4-12-8(15-7)10(11)5-13-9(2,3)14-6-10/h4H,5-6,11H2,1-3H3. The average molecular weight is 228 g/mol. The average Bonchev–Trinajstić information content (AvgIpc) is 2.59. The highest BCUT2D eigenvalue weighted by molar-refractivity contribution is 7.11. The number of thiazole rings is 1. The van der Waals surface area contributed by atoms with E-state index in [2.05, 4.69) is 4.98 Å². The maximum atomic E-state index is 6.21. The summed E-state index contributed by atoms with van der Waals surface area (Å²) in [5, 5.41) is 0.885. The van der Waals surface area contributed by atoms with Gasteiger partial charge in [0.2, 0.25) is 0 Å². The summed E-state index contributed by atoms with van der Waals surface area (Å²) in [7, 11) is 0. The SMILES string of the molecule is Cc1cnc(C2(N)COC(C)(C)OC2)s1. The number of nitrogens with zero attached hydrogens (tertiary/aromatic N) is 1. The third-order valence-corrected chi connectivity index (χ3v) is 3.53. The summed E-state index contributed by atoms with van der Waals surface area (Å²) in [6, 6.07) is 0. The molecule has 2 N–H and O–H groups in total. The van der Waals surface area contributed by atoms with Crippen molar-refractivity contribution in [3.8, 4) is 0 Å². The smallest absolute Gasteiger partial charge is 0.162 e. The molecular weight excluding hydrogens is 212 g/mol. The summed E-state index contributed by atoms with van der Waals surface area (Å²) in [6.07, 6.45) is 1.83. The highest BCUT2D eigenvalue weighted by atomic mass is 32.1. The first-order valence-electron chi connectivity index (χ1n) is 4.91. The Kier molecular flexibility index (Phi) is 2.58. The Morgan fingerprint density at radius 2 is 2.00 bits per heavy atom. The topological polar surface area (TPSA) is 57.4 Å². The van der Waals surface area contributed by atoms with E-state index in [9.17, 15) is 0 Å². The molecule has 1 aromatic heterocycles. The first-order valence-corrected chi connectivity index (χ1v) is 5.73. The molecule has 0 bridgehead atoms. The van der Waals surface area contributed by atoms with E-state index in [1.54, 1.807) is 11.3 Å². The molecule has 1 fully saturated rings. The third kappa shape index (κ3) is 2.20. The van der Waals surface area contributed by atoms with Crippen LogP contribution in [0.25, 0.3) is 0 Å². The highest BCUT2D eigenvalue weighted by Gasteiger charge is 2.40. The number of hydrogen-bond acceptors (Lipinski definition) is 5. The first kappa shape index (κ1) is 11.0. The van der Waals surface area contributed by atoms with E-state index in [0.717, 1.165) is 9.88 Å². The van der Waals surface area contributed by atoms with Crippen LogP contribution >= 0.6 is 11.3 Å². The monoisotopic (exact) mass is 228 g/mol. The number of nitrogens with two attached hydrogens (primary N) is 1. The Hall–Kier alpha value is -0.490. The maximum Gasteiger partial charge on any atom is 0.162 e. The molecule has 1 aromatic rings. The van der Waals surface area contributed by atoms with Crippen LogP contribution in [0.15, 0.2) is 6.20 Å². The van der Waals surface area contributed by atoms with Gasteiger partial charge >= 0.3 is 0 Å². The minimum absolute atomic E-state index is 0.451. The van der Waals surface area contributed by atoms with Crippen molar-refractivity contribution in [2.45, 2.75) is 32.1 Å². The second kappa shape index (κ2) is 3.52. The van der Waals surface area contributed by atoms with Gasteiger partial charge in [0.15, 0.2) is 5.79 Å². The predicted octanol–water partition coefficient (Wildman–Crippen LogP) is 1.39. The van der Waals surface area contributed by atoms with Crippen LogP contribution in [0.4, 0.5) is 0 Å². The van der Waals surface area contributed by atoms with Gasteiger partial charge in [-0.05, 0) is 20.8 Å². The second-order valence-corrected chi connectivity index (χ2v) is 5.64. The third-order valence-electron chi connectivity index (χ3n) is 2.40. The van der Waals surface area contributed by atoms with Gasteiger partial charge in [-0.25, -0.2) is 4.98 Å². The predicted molar refractivity (Wildman–Crippen MR) is 58.7 cm³/mol. The van der Waals surface area contributed by atoms with Crippen LogP contribution in [-0.2, 0) is 15.0 Å². The molecule has 0 spiro atoms. The van der Waals surface area contributed by atoms with Crippen molar-refractivity contribution in [3.63, 3.8) is 0 Å². The Balaban J connectivity index is 2.16. The van der Waals surface area contributed by atoms with E-state index < -0.39 is 11.3 Å². The van der Waals surface area contributed by atoms with Crippen molar-refractivity contribution in [1.82, 2.24) is 4.98 Å². The molecule has 2 heterocycles. The van der Waals surface area contributed by atoms with Crippen LogP contribution in [0, 0.1) is 6.92 Å². The van der Waals surface area contributed by atoms with Crippen molar-refractivity contribution < 1.29 is 9.47 Å². The molecule has 1 saturated heterocycles. The number of ether oxygens (including phenoxy) is 2. The molecule has 0 aliphatic carbocycles. The molecule has 0 aromatic carbocycles. The summed E-state index contributed by atoms with van der Waals surface area (Å²) in [6.45, 7) is 6.69. The van der Waals surface area contributed by atoms with Crippen LogP contribution in [0.3, 0.4) is 0 Å². The largest absolute Gasteiger partial charge is 0.348 e. The molecule has 84 valence electrons. The fourth-order valence-corrected chi connectivity index (χ4v) is 2.23. The quantitative estimate of drug-likeness (QED) is 0.789. The van der Waals surface area contributed by atoms with Gasteiger partial charge in [0.05, 0.1) is 13.2 Å². The lowest BCUT2D eigenvalue weighted by Gasteiger charge is -2.39. The maximum absolute atomic E-state index is 6.21. The van der Waals surface area contributed by atoms with Gasteiger partial charge in [-0.1, -0.05) is 0 Å². The van der Waals surface area contributed by atoms with Crippen LogP contribution in [0.5, 0.6) is 0 Å². The van der Waals surface area contributed by atoms with Gasteiger partial charge in [-0.3, -0.25) is 0 Å². The van der Waals surface area contributed by atoms with E-state index in [0.29, 0.717) is 13.2 Å². The van der Waals surface area contributed by atoms with Crippen molar-refractivity contribution in [2.75, 3.05) is 13.2 Å². The van der Waals surface area contributed by atoms with Crippen LogP contribution in [0.1, 0.15) is 23.7 Å². The van der Waals surface area contributed by atoms with Gasteiger partial charge in [0.25, 0.3) is 0 Å². The van der Waals surface area contributed by atoms with Crippen LogP contribution in [-0.4, -0.2) is 24.0 Å². The van der Waals surface area contributed by atoms with Crippen molar-refractivity contribution in [2.24, 2.45) is 5.73 Å². The summed E-state index contributed by atoms with van der Waals surface area (Å²) in [5.41, 5.74) is 5.62. The summed E-state index contributed by atoms with van der Waals surface area (Å²) >= 11 is 1.60. The minimum Gasteiger partial charge on any atom is -0.348 e. The van der Waals surface area contributed by atoms with Gasteiger partial charge < -0.3 is 15.2 Å². The Labute approximate surface area is 93.4 Å². The van der Waals surface area contributed by atoms with Crippen LogP contribution in [0.2, 0.25) is 0 Å². The minimum atomic E-state index is -0.589. The molecule has 1 aliphatic heterocycles. The summed E-state index contributed by atoms with van der Waals surface area (Å²) < 4.78 is 11.1. The molecule has 15 heavy (non-hydrogen) atoms. The zero-order valence-corrected chi connectivity index (χ0v) is 10.1. The second-order valence-electron chi connectivity index (χ2n) is 4.41. The van der Waals surface area contributed by atoms with Gasteiger partial charge in [-0.2, -0.15) is 0 Å². The molecule has 4 nitrogen and oxygen atoms in total. The number of rotatable bonds is 1. The lowest BCUT2D eigenvalue weighted by atomic mass is 10.0. The number of hydrogen-bond donors (Lipinski definition) is 1. The van der Waals surface area contributed by atoms with Gasteiger partial charge in [0.1, 0.15) is 10.5 Å². The zero-order valence-electron chi connectivity index (χ0n) is 9.24. The van der Waals surface area contributed by atoms with Crippen LogP contribution < -0.4 is 5.73 Å². The lowest BCUT2D eigenvalue weighted by molar-refractivity contribution is -0.268. The van der Waals surface area contributed by atoms with Gasteiger partial charge in [-0.15, -0.1) is 11.3 Å². The fourth-order valence-electron chi connectivity index (χ4n) is 1.40. The van der Waals surface area contributed by atoms with Crippen molar-refractivity contribution in [1.29, 1.82) is 0 Å². The zero-order chi connectivity index (χ0) is 11.1. The molecule has 0 saturated carbocycles. The van der Waals surface area contributed by atoms with E-state index in [1.165, 1.54) is 0 Å². The molecule has 0 amide bonds. The summed E-state index contributed by atoms with van der Waals surface area (Å²) in [4.78, 5) is 5.44. The fraction of sp³-hybridized carbons (Fsp3) is 0.700. The molecule has 2 rings (SSSR count). The lowest BCUT2D eigenvalue weighted by Crippen LogP contribution is -2.54. The molecule has 5 heteroatoms. The van der Waals surface area contributed by atoms with E-state index in [4.69, 9.17) is 15.2 Å². The Bertz CT molecular complexity index is 352. The Morgan fingerprint density at radius 3 is 2.47 bits per heavy atom. The number of aromatic nitrogens is 1. The number of aryl methyl sites for hydroxylation is 1. The van der Waals surface area contributed by atoms with Gasteiger partial charge in [0, 0.05) is 11.1 Å². The molecule has 1 aliphatic rings. The Morgan fingerprint density at radius 1 is 1.40 bits per heavy atom. The van der Waals surface area contributed by atoms with E-state index in [-0.39, 0.29) is 0 Å². The van der Waals surface area contributed by atoms with E-state index >= 15 is 0 Å². The molecule has 0 radical (unpaired) electrons.